The van der Waals surface area contributed by atoms with Gasteiger partial charge in [-0.3, -0.25) is 19.3 Å². The molecule has 29 heavy (non-hydrogen) atoms. The number of imide groups is 1. The molecule has 5 heteroatoms. The standard InChI is InChI=1S/C24H24N2O3/c1-14-10-11-17(13-15(14)2)26-23(28)19-18-9-6-12-25(18)21(20(19)24(26)29)22(27)16-7-4-3-5-8-16/h3-5,7-8,10-11,13,18-21H,6,9,12H2,1-2H3/t18-,19-,20+,21-/m0/s1. The van der Waals surface area contributed by atoms with Crippen molar-refractivity contribution in [3.05, 3.63) is 65.2 Å². The molecule has 5 nitrogen and oxygen atoms in total. The summed E-state index contributed by atoms with van der Waals surface area (Å²) in [6.45, 7) is 4.75. The molecule has 0 N–H and O–H groups in total. The van der Waals surface area contributed by atoms with Crippen LogP contribution in [0.15, 0.2) is 48.5 Å². The van der Waals surface area contributed by atoms with Gasteiger partial charge in [0.15, 0.2) is 5.78 Å². The summed E-state index contributed by atoms with van der Waals surface area (Å²) >= 11 is 0. The largest absolute Gasteiger partial charge is 0.292 e. The normalized spacial score (nSPS) is 28.7. The van der Waals surface area contributed by atoms with Crippen molar-refractivity contribution < 1.29 is 14.4 Å². The van der Waals surface area contributed by atoms with Crippen LogP contribution in [0, 0.1) is 25.7 Å². The van der Waals surface area contributed by atoms with Crippen molar-refractivity contribution in [2.45, 2.75) is 38.8 Å². The molecule has 2 aromatic carbocycles. The van der Waals surface area contributed by atoms with Crippen LogP contribution < -0.4 is 4.90 Å². The van der Waals surface area contributed by atoms with Gasteiger partial charge in [-0.05, 0) is 56.5 Å². The second kappa shape index (κ2) is 6.63. The minimum Gasteiger partial charge on any atom is -0.292 e. The smallest absolute Gasteiger partial charge is 0.239 e. The second-order valence-corrected chi connectivity index (χ2v) is 8.45. The molecule has 3 aliphatic rings. The lowest BCUT2D eigenvalue weighted by molar-refractivity contribution is -0.123. The van der Waals surface area contributed by atoms with Crippen LogP contribution in [0.4, 0.5) is 5.69 Å². The maximum absolute atomic E-state index is 13.5. The lowest BCUT2D eigenvalue weighted by Crippen LogP contribution is -2.46. The topological polar surface area (TPSA) is 57.7 Å². The number of nitrogens with zero attached hydrogens (tertiary/aromatic N) is 2. The van der Waals surface area contributed by atoms with Crippen LogP contribution in [-0.2, 0) is 9.59 Å². The van der Waals surface area contributed by atoms with E-state index in [4.69, 9.17) is 0 Å². The van der Waals surface area contributed by atoms with Gasteiger partial charge in [0.1, 0.15) is 0 Å². The molecule has 3 aliphatic heterocycles. The summed E-state index contributed by atoms with van der Waals surface area (Å²) in [5, 5.41) is 0. The Kier molecular flexibility index (Phi) is 4.17. The van der Waals surface area contributed by atoms with Gasteiger partial charge < -0.3 is 0 Å². The maximum atomic E-state index is 13.5. The van der Waals surface area contributed by atoms with E-state index in [1.54, 1.807) is 12.1 Å². The van der Waals surface area contributed by atoms with E-state index in [0.29, 0.717) is 11.3 Å². The zero-order valence-corrected chi connectivity index (χ0v) is 16.7. The molecule has 5 rings (SSSR count). The molecule has 4 atom stereocenters. The van der Waals surface area contributed by atoms with Crippen LogP contribution in [0.25, 0.3) is 0 Å². The van der Waals surface area contributed by atoms with E-state index in [0.717, 1.165) is 30.5 Å². The Morgan fingerprint density at radius 1 is 0.931 bits per heavy atom. The van der Waals surface area contributed by atoms with E-state index in [1.165, 1.54) is 4.90 Å². The molecule has 3 fully saturated rings. The fourth-order valence-electron chi connectivity index (χ4n) is 5.41. The SMILES string of the molecule is Cc1ccc(N2C(=O)[C@@H]3[C@@H](C2=O)[C@@H]2CCCN2[C@@H]3C(=O)c2ccccc2)cc1C. The monoisotopic (exact) mass is 388 g/mol. The molecule has 0 saturated carbocycles. The summed E-state index contributed by atoms with van der Waals surface area (Å²) in [6.07, 6.45) is 1.82. The van der Waals surface area contributed by atoms with Crippen molar-refractivity contribution in [1.82, 2.24) is 4.90 Å². The Labute approximate surface area is 170 Å². The summed E-state index contributed by atoms with van der Waals surface area (Å²) in [7, 11) is 0. The highest BCUT2D eigenvalue weighted by molar-refractivity contribution is 6.24. The number of ketones is 1. The zero-order chi connectivity index (χ0) is 20.3. The first-order chi connectivity index (χ1) is 14.0. The number of fused-ring (bicyclic) bond motifs is 3. The lowest BCUT2D eigenvalue weighted by atomic mass is 9.85. The summed E-state index contributed by atoms with van der Waals surface area (Å²) in [5.74, 6) is -1.45. The molecule has 0 unspecified atom stereocenters. The first-order valence-electron chi connectivity index (χ1n) is 10.3. The average molecular weight is 388 g/mol. The summed E-state index contributed by atoms with van der Waals surface area (Å²) in [5.41, 5.74) is 3.38. The maximum Gasteiger partial charge on any atom is 0.239 e. The highest BCUT2D eigenvalue weighted by atomic mass is 16.2. The summed E-state index contributed by atoms with van der Waals surface area (Å²) in [6, 6.07) is 14.2. The van der Waals surface area contributed by atoms with Crippen LogP contribution >= 0.6 is 0 Å². The van der Waals surface area contributed by atoms with E-state index in [9.17, 15) is 14.4 Å². The van der Waals surface area contributed by atoms with Gasteiger partial charge in [0.25, 0.3) is 0 Å². The predicted molar refractivity (Wildman–Crippen MR) is 110 cm³/mol. The second-order valence-electron chi connectivity index (χ2n) is 8.45. The fourth-order valence-corrected chi connectivity index (χ4v) is 5.41. The van der Waals surface area contributed by atoms with E-state index in [1.807, 2.05) is 50.2 Å². The van der Waals surface area contributed by atoms with E-state index >= 15 is 0 Å². The van der Waals surface area contributed by atoms with Crippen molar-refractivity contribution in [3.8, 4) is 0 Å². The molecule has 0 aliphatic carbocycles. The number of Topliss-reactive ketones (excluding diaryl/α,β-unsaturated/α-hetero) is 1. The molecule has 2 amide bonds. The highest BCUT2D eigenvalue weighted by Gasteiger charge is 2.64. The molecule has 0 bridgehead atoms. The predicted octanol–water partition coefficient (Wildman–Crippen LogP) is 3.14. The fraction of sp³-hybridized carbons (Fsp3) is 0.375. The van der Waals surface area contributed by atoms with Crippen LogP contribution in [0.1, 0.15) is 34.3 Å². The van der Waals surface area contributed by atoms with Crippen LogP contribution in [0.3, 0.4) is 0 Å². The van der Waals surface area contributed by atoms with E-state index in [2.05, 4.69) is 4.90 Å². The van der Waals surface area contributed by atoms with Gasteiger partial charge in [-0.15, -0.1) is 0 Å². The first kappa shape index (κ1) is 18.3. The van der Waals surface area contributed by atoms with Gasteiger partial charge in [-0.2, -0.15) is 0 Å². The molecular weight excluding hydrogens is 364 g/mol. The number of amides is 2. The van der Waals surface area contributed by atoms with Crippen LogP contribution in [0.5, 0.6) is 0 Å². The Morgan fingerprint density at radius 2 is 1.66 bits per heavy atom. The van der Waals surface area contributed by atoms with Gasteiger partial charge in [0, 0.05) is 11.6 Å². The third-order valence-electron chi connectivity index (χ3n) is 6.93. The lowest BCUT2D eigenvalue weighted by Gasteiger charge is -2.27. The minimum absolute atomic E-state index is 0.0225. The molecule has 3 heterocycles. The number of rotatable bonds is 3. The molecule has 0 aromatic heterocycles. The number of carbonyl (C=O) groups excluding carboxylic acids is 3. The molecule has 148 valence electrons. The number of anilines is 1. The van der Waals surface area contributed by atoms with E-state index in [-0.39, 0.29) is 23.6 Å². The number of hydrogen-bond donors (Lipinski definition) is 0. The van der Waals surface area contributed by atoms with Gasteiger partial charge in [0.2, 0.25) is 11.8 Å². The Balaban J connectivity index is 1.56. The Hall–Kier alpha value is -2.79. The summed E-state index contributed by atoms with van der Waals surface area (Å²) in [4.78, 5) is 43.8. The molecule has 0 spiro atoms. The molecule has 3 saturated heterocycles. The Morgan fingerprint density at radius 3 is 2.38 bits per heavy atom. The number of hydrogen-bond acceptors (Lipinski definition) is 4. The van der Waals surface area contributed by atoms with Crippen molar-refractivity contribution in [2.75, 3.05) is 11.4 Å². The first-order valence-corrected chi connectivity index (χ1v) is 10.3. The summed E-state index contributed by atoms with van der Waals surface area (Å²) < 4.78 is 0. The average Bonchev–Trinajstić information content (AvgIpc) is 3.37. The van der Waals surface area contributed by atoms with Crippen molar-refractivity contribution in [3.63, 3.8) is 0 Å². The van der Waals surface area contributed by atoms with Crippen LogP contribution in [0.2, 0.25) is 0 Å². The Bertz CT molecular complexity index is 1020. The van der Waals surface area contributed by atoms with Gasteiger partial charge in [-0.25, -0.2) is 4.90 Å². The van der Waals surface area contributed by atoms with Gasteiger partial charge >= 0.3 is 0 Å². The highest BCUT2D eigenvalue weighted by Crippen LogP contribution is 2.48. The van der Waals surface area contributed by atoms with Crippen molar-refractivity contribution in [2.24, 2.45) is 11.8 Å². The number of carbonyl (C=O) groups is 3. The molecule has 2 aromatic rings. The third-order valence-corrected chi connectivity index (χ3v) is 6.93. The van der Waals surface area contributed by atoms with E-state index < -0.39 is 17.9 Å². The zero-order valence-electron chi connectivity index (χ0n) is 16.7. The van der Waals surface area contributed by atoms with Crippen molar-refractivity contribution >= 4 is 23.3 Å². The number of benzene rings is 2. The molecule has 0 radical (unpaired) electrons. The van der Waals surface area contributed by atoms with Gasteiger partial charge in [0.05, 0.1) is 23.6 Å². The number of aryl methyl sites for hydroxylation is 2. The molecular formula is C24H24N2O3. The quantitative estimate of drug-likeness (QED) is 0.599. The third kappa shape index (κ3) is 2.60. The van der Waals surface area contributed by atoms with Crippen LogP contribution in [-0.4, -0.2) is 41.1 Å². The minimum atomic E-state index is -0.595. The van der Waals surface area contributed by atoms with Gasteiger partial charge in [-0.1, -0.05) is 36.4 Å². The van der Waals surface area contributed by atoms with Crippen molar-refractivity contribution in [1.29, 1.82) is 0 Å².